The first-order chi connectivity index (χ1) is 11.6. The maximum Gasteiger partial charge on any atom is 0.252 e. The highest BCUT2D eigenvalue weighted by atomic mass is 35.5. The van der Waals surface area contributed by atoms with Crippen molar-refractivity contribution in [2.45, 2.75) is 44.9 Å². The minimum Gasteiger partial charge on any atom is -0.384 e. The summed E-state index contributed by atoms with van der Waals surface area (Å²) >= 11 is 11.9. The zero-order valence-corrected chi connectivity index (χ0v) is 15.6. The Morgan fingerprint density at radius 1 is 1.25 bits per heavy atom. The molecule has 3 rings (SSSR count). The lowest BCUT2D eigenvalue weighted by molar-refractivity contribution is 0.0682. The molecule has 0 radical (unpaired) electrons. The van der Waals surface area contributed by atoms with E-state index in [-0.39, 0.29) is 5.91 Å². The predicted octanol–water partition coefficient (Wildman–Crippen LogP) is 5.08. The van der Waals surface area contributed by atoms with Gasteiger partial charge in [0, 0.05) is 24.7 Å². The first-order valence-electron chi connectivity index (χ1n) is 8.99. The molecule has 2 aliphatic carbocycles. The number of alkyl halides is 1. The zero-order chi connectivity index (χ0) is 17.0. The number of amides is 1. The Bertz CT molecular complexity index is 581. The molecule has 2 saturated carbocycles. The Morgan fingerprint density at radius 3 is 2.71 bits per heavy atom. The van der Waals surface area contributed by atoms with Gasteiger partial charge in [-0.15, -0.1) is 11.6 Å². The third kappa shape index (κ3) is 4.18. The fraction of sp³-hybridized carbons (Fsp3) is 0.632. The highest BCUT2D eigenvalue weighted by Gasteiger charge is 2.39. The van der Waals surface area contributed by atoms with Gasteiger partial charge in [0.25, 0.3) is 5.91 Å². The van der Waals surface area contributed by atoms with E-state index in [9.17, 15) is 4.79 Å². The SMILES string of the molecule is O=C(NCC12CCCC(CCC1)C2)c1cc(NCCCl)ccc1Cl. The van der Waals surface area contributed by atoms with Gasteiger partial charge in [0.1, 0.15) is 0 Å². The number of anilines is 1. The number of carbonyl (C=O) groups excluding carboxylic acids is 1. The van der Waals surface area contributed by atoms with Gasteiger partial charge in [-0.2, -0.15) is 0 Å². The molecule has 24 heavy (non-hydrogen) atoms. The van der Waals surface area contributed by atoms with Crippen LogP contribution in [0.15, 0.2) is 18.2 Å². The van der Waals surface area contributed by atoms with Gasteiger partial charge in [0.15, 0.2) is 0 Å². The van der Waals surface area contributed by atoms with Crippen molar-refractivity contribution < 1.29 is 4.79 Å². The van der Waals surface area contributed by atoms with Gasteiger partial charge in [-0.05, 0) is 48.8 Å². The molecule has 1 aromatic carbocycles. The van der Waals surface area contributed by atoms with Crippen molar-refractivity contribution in [3.05, 3.63) is 28.8 Å². The molecule has 2 N–H and O–H groups in total. The minimum atomic E-state index is -0.0726. The zero-order valence-electron chi connectivity index (χ0n) is 14.0. The summed E-state index contributed by atoms with van der Waals surface area (Å²) in [4.78, 5) is 12.6. The van der Waals surface area contributed by atoms with Gasteiger partial charge in [0.05, 0.1) is 10.6 Å². The van der Waals surface area contributed by atoms with Crippen LogP contribution in [0.5, 0.6) is 0 Å². The quantitative estimate of drug-likeness (QED) is 0.687. The van der Waals surface area contributed by atoms with Crippen LogP contribution in [0.4, 0.5) is 5.69 Å². The van der Waals surface area contributed by atoms with E-state index in [0.717, 1.165) is 18.2 Å². The van der Waals surface area contributed by atoms with Gasteiger partial charge >= 0.3 is 0 Å². The van der Waals surface area contributed by atoms with Crippen molar-refractivity contribution in [1.29, 1.82) is 0 Å². The second kappa shape index (κ2) is 7.97. The summed E-state index contributed by atoms with van der Waals surface area (Å²) in [6.07, 6.45) is 9.12. The van der Waals surface area contributed by atoms with Crippen molar-refractivity contribution in [3.8, 4) is 0 Å². The van der Waals surface area contributed by atoms with Crippen molar-refractivity contribution in [1.82, 2.24) is 5.32 Å². The van der Waals surface area contributed by atoms with Crippen molar-refractivity contribution in [2.75, 3.05) is 24.3 Å². The first-order valence-corrected chi connectivity index (χ1v) is 9.91. The number of hydrogen-bond acceptors (Lipinski definition) is 2. The van der Waals surface area contributed by atoms with Crippen LogP contribution in [0.25, 0.3) is 0 Å². The molecule has 0 saturated heterocycles. The highest BCUT2D eigenvalue weighted by Crippen LogP contribution is 2.48. The monoisotopic (exact) mass is 368 g/mol. The fourth-order valence-corrected chi connectivity index (χ4v) is 4.73. The maximum atomic E-state index is 12.6. The largest absolute Gasteiger partial charge is 0.384 e. The number of fused-ring (bicyclic) bond motifs is 2. The van der Waals surface area contributed by atoms with Gasteiger partial charge in [-0.25, -0.2) is 0 Å². The predicted molar refractivity (Wildman–Crippen MR) is 101 cm³/mol. The topological polar surface area (TPSA) is 41.1 Å². The number of rotatable bonds is 6. The van der Waals surface area contributed by atoms with Crippen LogP contribution in [0.2, 0.25) is 5.02 Å². The average molecular weight is 369 g/mol. The molecular weight excluding hydrogens is 343 g/mol. The Kier molecular flexibility index (Phi) is 5.93. The third-order valence-corrected chi connectivity index (χ3v) is 6.14. The summed E-state index contributed by atoms with van der Waals surface area (Å²) in [5, 5.41) is 6.84. The normalized spacial score (nSPS) is 26.0. The first kappa shape index (κ1) is 17.9. The molecule has 0 unspecified atom stereocenters. The van der Waals surface area contributed by atoms with E-state index in [1.807, 2.05) is 12.1 Å². The average Bonchev–Trinajstić information content (AvgIpc) is 2.59. The molecule has 0 heterocycles. The van der Waals surface area contributed by atoms with Crippen molar-refractivity contribution >= 4 is 34.8 Å². The van der Waals surface area contributed by atoms with Crippen LogP contribution in [0.3, 0.4) is 0 Å². The molecule has 1 amide bonds. The fourth-order valence-electron chi connectivity index (χ4n) is 4.43. The Hall–Kier alpha value is -0.930. The minimum absolute atomic E-state index is 0.0726. The number of benzene rings is 1. The third-order valence-electron chi connectivity index (χ3n) is 5.62. The number of nitrogens with one attached hydrogen (secondary N) is 2. The van der Waals surface area contributed by atoms with Crippen LogP contribution in [0, 0.1) is 11.3 Å². The van der Waals surface area contributed by atoms with Crippen LogP contribution >= 0.6 is 23.2 Å². The molecule has 132 valence electrons. The summed E-state index contributed by atoms with van der Waals surface area (Å²) in [6.45, 7) is 1.44. The molecule has 1 aromatic rings. The summed E-state index contributed by atoms with van der Waals surface area (Å²) < 4.78 is 0. The van der Waals surface area contributed by atoms with E-state index in [1.54, 1.807) is 6.07 Å². The second-order valence-electron chi connectivity index (χ2n) is 7.35. The molecule has 2 fully saturated rings. The molecule has 0 atom stereocenters. The lowest BCUT2D eigenvalue weighted by Crippen LogP contribution is -2.43. The second-order valence-corrected chi connectivity index (χ2v) is 8.13. The van der Waals surface area contributed by atoms with Gasteiger partial charge in [-0.1, -0.05) is 37.3 Å². The Balaban J connectivity index is 1.64. The summed E-state index contributed by atoms with van der Waals surface area (Å²) in [5.41, 5.74) is 1.73. The van der Waals surface area contributed by atoms with E-state index < -0.39 is 0 Å². The molecule has 0 aromatic heterocycles. The molecule has 0 aliphatic heterocycles. The van der Waals surface area contributed by atoms with E-state index in [4.69, 9.17) is 23.2 Å². The van der Waals surface area contributed by atoms with Crippen molar-refractivity contribution in [3.63, 3.8) is 0 Å². The summed E-state index contributed by atoms with van der Waals surface area (Å²) in [7, 11) is 0. The smallest absolute Gasteiger partial charge is 0.252 e. The molecule has 0 spiro atoms. The lowest BCUT2D eigenvalue weighted by atomic mass is 9.62. The van der Waals surface area contributed by atoms with E-state index in [2.05, 4.69) is 10.6 Å². The number of hydrogen-bond donors (Lipinski definition) is 2. The van der Waals surface area contributed by atoms with Crippen LogP contribution in [-0.2, 0) is 0 Å². The Labute approximate surface area is 154 Å². The summed E-state index contributed by atoms with van der Waals surface area (Å²) in [5.74, 6) is 1.32. The molecular formula is C19H26Cl2N2O. The Morgan fingerprint density at radius 2 is 2.00 bits per heavy atom. The van der Waals surface area contributed by atoms with E-state index >= 15 is 0 Å². The number of halogens is 2. The molecule has 5 heteroatoms. The van der Waals surface area contributed by atoms with Crippen LogP contribution in [0.1, 0.15) is 55.3 Å². The lowest BCUT2D eigenvalue weighted by Gasteiger charge is -2.45. The molecule has 2 aliphatic rings. The number of carbonyl (C=O) groups is 1. The van der Waals surface area contributed by atoms with E-state index in [0.29, 0.717) is 28.4 Å². The van der Waals surface area contributed by atoms with Gasteiger partial charge < -0.3 is 10.6 Å². The maximum absolute atomic E-state index is 12.6. The van der Waals surface area contributed by atoms with Crippen molar-refractivity contribution in [2.24, 2.45) is 11.3 Å². The van der Waals surface area contributed by atoms with Crippen LogP contribution < -0.4 is 10.6 Å². The summed E-state index contributed by atoms with van der Waals surface area (Å²) in [6, 6.07) is 5.45. The van der Waals surface area contributed by atoms with E-state index in [1.165, 1.54) is 44.9 Å². The van der Waals surface area contributed by atoms with Gasteiger partial charge in [0.2, 0.25) is 0 Å². The standard InChI is InChI=1S/C19H26Cl2N2O/c20-9-10-22-15-5-6-17(21)16(11-15)18(24)23-13-19-7-1-3-14(12-19)4-2-8-19/h5-6,11,14,22H,1-4,7-10,12-13H2,(H,23,24). The van der Waals surface area contributed by atoms with Gasteiger partial charge in [-0.3, -0.25) is 4.79 Å². The molecule has 2 bridgehead atoms. The molecule has 3 nitrogen and oxygen atoms in total. The van der Waals surface area contributed by atoms with Crippen LogP contribution in [-0.4, -0.2) is 24.9 Å². The highest BCUT2D eigenvalue weighted by molar-refractivity contribution is 6.34.